The zero-order chi connectivity index (χ0) is 20.3. The molecule has 0 unspecified atom stereocenters. The van der Waals surface area contributed by atoms with E-state index in [1.165, 1.54) is 11.2 Å². The lowest BCUT2D eigenvalue weighted by Gasteiger charge is -2.43. The maximum Gasteiger partial charge on any atom is 0.327 e. The van der Waals surface area contributed by atoms with E-state index in [4.69, 9.17) is 9.84 Å². The monoisotopic (exact) mass is 391 g/mol. The molecule has 3 rings (SSSR count). The van der Waals surface area contributed by atoms with Crippen molar-refractivity contribution in [2.45, 2.75) is 38.6 Å². The summed E-state index contributed by atoms with van der Waals surface area (Å²) in [5.41, 5.74) is -0.801. The summed E-state index contributed by atoms with van der Waals surface area (Å²) in [6.45, 7) is 6.08. The Morgan fingerprint density at radius 2 is 1.96 bits per heavy atom. The number of anilines is 1. The summed E-state index contributed by atoms with van der Waals surface area (Å²) in [6, 6.07) is 1.54. The molecule has 2 fully saturated rings. The van der Waals surface area contributed by atoms with Crippen molar-refractivity contribution in [1.82, 2.24) is 19.8 Å². The van der Waals surface area contributed by atoms with E-state index in [1.807, 2.05) is 13.8 Å². The normalized spacial score (nSPS) is 19.2. The number of carbonyl (C=O) groups excluding carboxylic acids is 2. The Morgan fingerprint density at radius 1 is 1.25 bits per heavy atom. The number of ether oxygens (including phenoxy) is 1. The lowest BCUT2D eigenvalue weighted by molar-refractivity contribution is -0.134. The van der Waals surface area contributed by atoms with Crippen LogP contribution >= 0.6 is 0 Å². The van der Waals surface area contributed by atoms with Crippen LogP contribution in [0.1, 0.15) is 33.1 Å². The standard InChI is InChI=1S/C19H29N5O4/c1-14(2)12-24-18(27)23(7-4-10-25)17(26)19(24)5-8-22(9-6-19)15-11-16(28-3)21-13-20-15/h11,13-14,25H,4-10,12H2,1-3H3. The van der Waals surface area contributed by atoms with E-state index in [2.05, 4.69) is 14.9 Å². The van der Waals surface area contributed by atoms with Gasteiger partial charge in [-0.2, -0.15) is 0 Å². The second-order valence-corrected chi connectivity index (χ2v) is 7.76. The van der Waals surface area contributed by atoms with Gasteiger partial charge in [-0.25, -0.2) is 14.8 Å². The predicted octanol–water partition coefficient (Wildman–Crippen LogP) is 1.13. The lowest BCUT2D eigenvalue weighted by atomic mass is 9.85. The molecule has 1 N–H and O–H groups in total. The van der Waals surface area contributed by atoms with E-state index in [0.717, 1.165) is 5.82 Å². The molecular weight excluding hydrogens is 362 g/mol. The first-order valence-corrected chi connectivity index (χ1v) is 9.78. The van der Waals surface area contributed by atoms with Crippen LogP contribution in [-0.4, -0.2) is 82.2 Å². The van der Waals surface area contributed by atoms with Crippen LogP contribution in [0.25, 0.3) is 0 Å². The molecule has 0 radical (unpaired) electrons. The van der Waals surface area contributed by atoms with Crippen molar-refractivity contribution in [3.63, 3.8) is 0 Å². The first-order chi connectivity index (χ1) is 13.4. The van der Waals surface area contributed by atoms with Crippen LogP contribution in [0, 0.1) is 5.92 Å². The molecule has 3 amide bonds. The van der Waals surface area contributed by atoms with Crippen LogP contribution in [-0.2, 0) is 4.79 Å². The summed E-state index contributed by atoms with van der Waals surface area (Å²) in [6.07, 6.45) is 2.96. The fourth-order valence-electron chi connectivity index (χ4n) is 4.03. The number of piperidine rings is 1. The van der Waals surface area contributed by atoms with Gasteiger partial charge in [0.15, 0.2) is 0 Å². The SMILES string of the molecule is COc1cc(N2CCC3(CC2)C(=O)N(CCCO)C(=O)N3CC(C)C)ncn1. The van der Waals surface area contributed by atoms with Gasteiger partial charge in [-0.3, -0.25) is 9.69 Å². The van der Waals surface area contributed by atoms with Gasteiger partial charge in [0.1, 0.15) is 17.7 Å². The third-order valence-corrected chi connectivity index (χ3v) is 5.46. The minimum Gasteiger partial charge on any atom is -0.481 e. The molecule has 0 saturated carbocycles. The molecule has 2 aliphatic rings. The first kappa shape index (κ1) is 20.3. The number of urea groups is 1. The van der Waals surface area contributed by atoms with Crippen molar-refractivity contribution in [1.29, 1.82) is 0 Å². The summed E-state index contributed by atoms with van der Waals surface area (Å²) < 4.78 is 5.17. The van der Waals surface area contributed by atoms with Crippen LogP contribution in [0.2, 0.25) is 0 Å². The highest BCUT2D eigenvalue weighted by molar-refractivity contribution is 6.07. The molecule has 9 nitrogen and oxygen atoms in total. The number of aliphatic hydroxyl groups excluding tert-OH is 1. The van der Waals surface area contributed by atoms with Gasteiger partial charge in [-0.15, -0.1) is 0 Å². The van der Waals surface area contributed by atoms with E-state index in [9.17, 15) is 9.59 Å². The van der Waals surface area contributed by atoms with Crippen molar-refractivity contribution in [2.24, 2.45) is 5.92 Å². The van der Waals surface area contributed by atoms with Crippen molar-refractivity contribution >= 4 is 17.8 Å². The van der Waals surface area contributed by atoms with Gasteiger partial charge < -0.3 is 19.6 Å². The van der Waals surface area contributed by atoms with Crippen LogP contribution in [0.5, 0.6) is 5.88 Å². The Labute approximate surface area is 165 Å². The molecule has 1 aromatic rings. The molecule has 3 heterocycles. The minimum absolute atomic E-state index is 0.0441. The zero-order valence-corrected chi connectivity index (χ0v) is 16.8. The van der Waals surface area contributed by atoms with Crippen molar-refractivity contribution in [3.05, 3.63) is 12.4 Å². The highest BCUT2D eigenvalue weighted by atomic mass is 16.5. The second kappa shape index (κ2) is 8.30. The molecule has 28 heavy (non-hydrogen) atoms. The molecular formula is C19H29N5O4. The summed E-state index contributed by atoms with van der Waals surface area (Å²) >= 11 is 0. The predicted molar refractivity (Wildman–Crippen MR) is 103 cm³/mol. The number of carbonyl (C=O) groups is 2. The van der Waals surface area contributed by atoms with Gasteiger partial charge in [0.2, 0.25) is 5.88 Å². The van der Waals surface area contributed by atoms with Gasteiger partial charge in [0, 0.05) is 38.9 Å². The quantitative estimate of drug-likeness (QED) is 0.696. The fraction of sp³-hybridized carbons (Fsp3) is 0.684. The Balaban J connectivity index is 1.81. The average Bonchev–Trinajstić information content (AvgIpc) is 2.88. The van der Waals surface area contributed by atoms with Gasteiger partial charge in [-0.05, 0) is 25.2 Å². The Bertz CT molecular complexity index is 718. The van der Waals surface area contributed by atoms with E-state index in [0.29, 0.717) is 44.8 Å². The van der Waals surface area contributed by atoms with E-state index in [1.54, 1.807) is 18.1 Å². The molecule has 0 aliphatic carbocycles. The highest BCUT2D eigenvalue weighted by Gasteiger charge is 2.57. The van der Waals surface area contributed by atoms with E-state index < -0.39 is 5.54 Å². The van der Waals surface area contributed by atoms with E-state index in [-0.39, 0.29) is 31.0 Å². The van der Waals surface area contributed by atoms with Gasteiger partial charge >= 0.3 is 6.03 Å². The molecule has 0 atom stereocenters. The maximum atomic E-state index is 13.3. The summed E-state index contributed by atoms with van der Waals surface area (Å²) in [7, 11) is 1.56. The largest absolute Gasteiger partial charge is 0.481 e. The Kier molecular flexibility index (Phi) is 6.02. The van der Waals surface area contributed by atoms with Crippen LogP contribution < -0.4 is 9.64 Å². The number of amides is 3. The second-order valence-electron chi connectivity index (χ2n) is 7.76. The molecule has 2 saturated heterocycles. The lowest BCUT2D eigenvalue weighted by Crippen LogP contribution is -2.57. The third-order valence-electron chi connectivity index (χ3n) is 5.46. The molecule has 0 bridgehead atoms. The molecule has 0 aromatic carbocycles. The van der Waals surface area contributed by atoms with E-state index >= 15 is 0 Å². The number of hydrogen-bond donors (Lipinski definition) is 1. The number of methoxy groups -OCH3 is 1. The number of aromatic nitrogens is 2. The zero-order valence-electron chi connectivity index (χ0n) is 16.8. The highest BCUT2D eigenvalue weighted by Crippen LogP contribution is 2.38. The average molecular weight is 391 g/mol. The first-order valence-electron chi connectivity index (χ1n) is 9.78. The third kappa shape index (κ3) is 3.63. The van der Waals surface area contributed by atoms with Gasteiger partial charge in [0.25, 0.3) is 5.91 Å². The smallest absolute Gasteiger partial charge is 0.327 e. The van der Waals surface area contributed by atoms with Gasteiger partial charge in [0.05, 0.1) is 7.11 Å². The maximum absolute atomic E-state index is 13.3. The van der Waals surface area contributed by atoms with Crippen LogP contribution in [0.15, 0.2) is 12.4 Å². The van der Waals surface area contributed by atoms with Crippen molar-refractivity contribution in [3.8, 4) is 5.88 Å². The number of nitrogens with zero attached hydrogens (tertiary/aromatic N) is 5. The molecule has 2 aliphatic heterocycles. The fourth-order valence-corrected chi connectivity index (χ4v) is 4.03. The van der Waals surface area contributed by atoms with Gasteiger partial charge in [-0.1, -0.05) is 13.8 Å². The number of rotatable bonds is 7. The van der Waals surface area contributed by atoms with Crippen molar-refractivity contribution < 1.29 is 19.4 Å². The van der Waals surface area contributed by atoms with Crippen LogP contribution in [0.4, 0.5) is 10.6 Å². The summed E-state index contributed by atoms with van der Waals surface area (Å²) in [4.78, 5) is 39.7. The van der Waals surface area contributed by atoms with Crippen molar-refractivity contribution in [2.75, 3.05) is 44.8 Å². The number of hydrogen-bond acceptors (Lipinski definition) is 7. The Morgan fingerprint density at radius 3 is 2.57 bits per heavy atom. The van der Waals surface area contributed by atoms with Crippen LogP contribution in [0.3, 0.4) is 0 Å². The molecule has 154 valence electrons. The number of aliphatic hydroxyl groups is 1. The molecule has 1 spiro atoms. The minimum atomic E-state index is -0.801. The summed E-state index contributed by atoms with van der Waals surface area (Å²) in [5.74, 6) is 1.38. The summed E-state index contributed by atoms with van der Waals surface area (Å²) in [5, 5.41) is 9.12. The molecule has 9 heteroatoms. The molecule has 1 aromatic heterocycles. The Hall–Kier alpha value is -2.42. The number of imide groups is 1. The topological polar surface area (TPSA) is 99.1 Å².